The van der Waals surface area contributed by atoms with Crippen LogP contribution in [-0.4, -0.2) is 40.6 Å². The molecule has 1 aromatic heterocycles. The van der Waals surface area contributed by atoms with Crippen LogP contribution in [0.5, 0.6) is 0 Å². The molecule has 1 N–H and O–H groups in total. The van der Waals surface area contributed by atoms with E-state index in [1.807, 2.05) is 0 Å². The van der Waals surface area contributed by atoms with Crippen molar-refractivity contribution in [2.45, 2.75) is 19.3 Å². The van der Waals surface area contributed by atoms with Crippen LogP contribution >= 0.6 is 0 Å². The van der Waals surface area contributed by atoms with Crippen molar-refractivity contribution >= 4 is 5.91 Å². The first-order chi connectivity index (χ1) is 11.7. The summed E-state index contributed by atoms with van der Waals surface area (Å²) < 4.78 is 13.8. The number of aliphatic hydroxyl groups excluding tert-OH is 1. The highest BCUT2D eigenvalue weighted by Crippen LogP contribution is 2.19. The van der Waals surface area contributed by atoms with Gasteiger partial charge in [-0.05, 0) is 42.0 Å². The van der Waals surface area contributed by atoms with Gasteiger partial charge in [0.2, 0.25) is 0 Å². The van der Waals surface area contributed by atoms with E-state index in [1.54, 1.807) is 41.6 Å². The van der Waals surface area contributed by atoms with Crippen LogP contribution in [-0.2, 0) is 6.42 Å². The number of aliphatic hydroxyl groups is 1. The first-order valence-electron chi connectivity index (χ1n) is 8.25. The third-order valence-electron chi connectivity index (χ3n) is 4.55. The molecule has 0 radical (unpaired) electrons. The second-order valence-electron chi connectivity index (χ2n) is 6.27. The molecule has 3 rings (SSSR count). The van der Waals surface area contributed by atoms with Gasteiger partial charge < -0.3 is 10.0 Å². The number of rotatable bonds is 4. The molecular formula is C19H21FN2O2. The summed E-state index contributed by atoms with van der Waals surface area (Å²) in [7, 11) is 0. The van der Waals surface area contributed by atoms with Crippen molar-refractivity contribution < 1.29 is 14.3 Å². The van der Waals surface area contributed by atoms with Gasteiger partial charge in [-0.2, -0.15) is 0 Å². The van der Waals surface area contributed by atoms with Crippen LogP contribution in [0.4, 0.5) is 4.39 Å². The molecular weight excluding hydrogens is 307 g/mol. The molecule has 0 aliphatic carbocycles. The van der Waals surface area contributed by atoms with E-state index in [1.165, 1.54) is 6.07 Å². The fourth-order valence-electron chi connectivity index (χ4n) is 3.06. The fourth-order valence-corrected chi connectivity index (χ4v) is 3.06. The quantitative estimate of drug-likeness (QED) is 0.939. The molecule has 1 fully saturated rings. The normalized spacial score (nSPS) is 15.5. The summed E-state index contributed by atoms with van der Waals surface area (Å²) in [4.78, 5) is 18.6. The highest BCUT2D eigenvalue weighted by Gasteiger charge is 2.23. The zero-order chi connectivity index (χ0) is 16.9. The van der Waals surface area contributed by atoms with E-state index in [0.29, 0.717) is 36.6 Å². The van der Waals surface area contributed by atoms with Crippen LogP contribution in [0.2, 0.25) is 0 Å². The van der Waals surface area contributed by atoms with Crippen molar-refractivity contribution in [3.8, 4) is 0 Å². The molecule has 0 saturated carbocycles. The number of amides is 1. The highest BCUT2D eigenvalue weighted by molar-refractivity contribution is 5.94. The molecule has 126 valence electrons. The van der Waals surface area contributed by atoms with Crippen LogP contribution < -0.4 is 0 Å². The molecule has 4 nitrogen and oxygen atoms in total. The van der Waals surface area contributed by atoms with Crippen molar-refractivity contribution in [3.63, 3.8) is 0 Å². The Kier molecular flexibility index (Phi) is 5.20. The van der Waals surface area contributed by atoms with Gasteiger partial charge in [-0.15, -0.1) is 0 Å². The molecule has 1 aliphatic rings. The Morgan fingerprint density at radius 3 is 2.71 bits per heavy atom. The summed E-state index contributed by atoms with van der Waals surface area (Å²) in [5.74, 6) is -0.00542. The number of carbonyl (C=O) groups excluding carboxylic acids is 1. The van der Waals surface area contributed by atoms with E-state index in [0.717, 1.165) is 18.4 Å². The Labute approximate surface area is 141 Å². The van der Waals surface area contributed by atoms with Gasteiger partial charge in [0.1, 0.15) is 5.82 Å². The summed E-state index contributed by atoms with van der Waals surface area (Å²) >= 11 is 0. The third-order valence-corrected chi connectivity index (χ3v) is 4.55. The second-order valence-corrected chi connectivity index (χ2v) is 6.27. The lowest BCUT2D eigenvalue weighted by Crippen LogP contribution is -2.39. The summed E-state index contributed by atoms with van der Waals surface area (Å²) in [6.07, 6.45) is 5.29. The fraction of sp³-hybridized carbons (Fsp3) is 0.368. The van der Waals surface area contributed by atoms with E-state index in [2.05, 4.69) is 4.98 Å². The Bertz CT molecular complexity index is 712. The zero-order valence-electron chi connectivity index (χ0n) is 13.5. The summed E-state index contributed by atoms with van der Waals surface area (Å²) in [5, 5.41) is 9.19. The SMILES string of the molecule is O=C(c1cncc(Cc2ccccc2F)c1)N1CCC(CO)CC1. The minimum absolute atomic E-state index is 0.0470. The Morgan fingerprint density at radius 2 is 2.00 bits per heavy atom. The molecule has 1 aromatic carbocycles. The van der Waals surface area contributed by atoms with Crippen LogP contribution in [0, 0.1) is 11.7 Å². The van der Waals surface area contributed by atoms with Crippen LogP contribution in [0.15, 0.2) is 42.7 Å². The molecule has 0 atom stereocenters. The largest absolute Gasteiger partial charge is 0.396 e. The second kappa shape index (κ2) is 7.53. The van der Waals surface area contributed by atoms with E-state index < -0.39 is 0 Å². The lowest BCUT2D eigenvalue weighted by molar-refractivity contribution is 0.0650. The molecule has 1 aliphatic heterocycles. The summed E-state index contributed by atoms with van der Waals surface area (Å²) in [5.41, 5.74) is 1.94. The molecule has 2 heterocycles. The highest BCUT2D eigenvalue weighted by atomic mass is 19.1. The monoisotopic (exact) mass is 328 g/mol. The number of nitrogens with zero attached hydrogens (tertiary/aromatic N) is 2. The van der Waals surface area contributed by atoms with Gasteiger partial charge in [-0.3, -0.25) is 9.78 Å². The van der Waals surface area contributed by atoms with E-state index in [4.69, 9.17) is 0 Å². The first kappa shape index (κ1) is 16.6. The maximum absolute atomic E-state index is 13.8. The summed E-state index contributed by atoms with van der Waals surface area (Å²) in [6, 6.07) is 8.42. The maximum atomic E-state index is 13.8. The number of piperidine rings is 1. The van der Waals surface area contributed by atoms with Crippen molar-refractivity contribution in [1.29, 1.82) is 0 Å². The number of pyridine rings is 1. The minimum atomic E-state index is -0.250. The third kappa shape index (κ3) is 3.79. The van der Waals surface area contributed by atoms with Crippen LogP contribution in [0.1, 0.15) is 34.3 Å². The molecule has 0 spiro atoms. The molecule has 1 saturated heterocycles. The zero-order valence-corrected chi connectivity index (χ0v) is 13.5. The average molecular weight is 328 g/mol. The molecule has 24 heavy (non-hydrogen) atoms. The van der Waals surface area contributed by atoms with Crippen molar-refractivity contribution in [1.82, 2.24) is 9.88 Å². The van der Waals surface area contributed by atoms with Gasteiger partial charge in [0, 0.05) is 38.5 Å². The molecule has 2 aromatic rings. The number of hydrogen-bond acceptors (Lipinski definition) is 3. The topological polar surface area (TPSA) is 53.4 Å². The lowest BCUT2D eigenvalue weighted by Gasteiger charge is -2.31. The number of carbonyl (C=O) groups is 1. The van der Waals surface area contributed by atoms with Gasteiger partial charge in [-0.25, -0.2) is 4.39 Å². The smallest absolute Gasteiger partial charge is 0.255 e. The van der Waals surface area contributed by atoms with Crippen LogP contribution in [0.25, 0.3) is 0 Å². The summed E-state index contributed by atoms with van der Waals surface area (Å²) in [6.45, 7) is 1.49. The molecule has 0 unspecified atom stereocenters. The van der Waals surface area contributed by atoms with Crippen molar-refractivity contribution in [2.75, 3.05) is 19.7 Å². The van der Waals surface area contributed by atoms with Gasteiger partial charge in [0.25, 0.3) is 5.91 Å². The van der Waals surface area contributed by atoms with Crippen molar-refractivity contribution in [2.24, 2.45) is 5.92 Å². The van der Waals surface area contributed by atoms with Gasteiger partial charge >= 0.3 is 0 Å². The number of halogens is 1. The van der Waals surface area contributed by atoms with Gasteiger partial charge in [0.05, 0.1) is 5.56 Å². The minimum Gasteiger partial charge on any atom is -0.396 e. The first-order valence-corrected chi connectivity index (χ1v) is 8.25. The molecule has 0 bridgehead atoms. The Morgan fingerprint density at radius 1 is 1.25 bits per heavy atom. The number of benzene rings is 1. The van der Waals surface area contributed by atoms with E-state index >= 15 is 0 Å². The van der Waals surface area contributed by atoms with Gasteiger partial charge in [-0.1, -0.05) is 18.2 Å². The molecule has 5 heteroatoms. The number of aromatic nitrogens is 1. The predicted octanol–water partition coefficient (Wildman–Crippen LogP) is 2.66. The van der Waals surface area contributed by atoms with E-state index in [-0.39, 0.29) is 18.3 Å². The maximum Gasteiger partial charge on any atom is 0.255 e. The number of likely N-dealkylation sites (tertiary alicyclic amines) is 1. The van der Waals surface area contributed by atoms with Gasteiger partial charge in [0.15, 0.2) is 0 Å². The van der Waals surface area contributed by atoms with E-state index in [9.17, 15) is 14.3 Å². The Balaban J connectivity index is 1.71. The standard InChI is InChI=1S/C19H21FN2O2/c20-18-4-2-1-3-16(18)9-15-10-17(12-21-11-15)19(24)22-7-5-14(13-23)6-8-22/h1-4,10-12,14,23H,5-9,13H2. The average Bonchev–Trinajstić information content (AvgIpc) is 2.63. The lowest BCUT2D eigenvalue weighted by atomic mass is 9.97. The van der Waals surface area contributed by atoms with Crippen molar-refractivity contribution in [3.05, 3.63) is 65.2 Å². The number of hydrogen-bond donors (Lipinski definition) is 1. The van der Waals surface area contributed by atoms with Crippen LogP contribution in [0.3, 0.4) is 0 Å². The Hall–Kier alpha value is -2.27. The predicted molar refractivity (Wildman–Crippen MR) is 89.2 cm³/mol. The molecule has 1 amide bonds.